The third-order valence-corrected chi connectivity index (χ3v) is 4.06. The Balaban J connectivity index is 1.41. The van der Waals surface area contributed by atoms with Gasteiger partial charge in [0.15, 0.2) is 5.76 Å². The molecule has 126 valence electrons. The molecule has 1 aliphatic rings. The van der Waals surface area contributed by atoms with E-state index in [9.17, 15) is 0 Å². The maximum atomic E-state index is 5.88. The summed E-state index contributed by atoms with van der Waals surface area (Å²) < 4.78 is 18.7. The summed E-state index contributed by atoms with van der Waals surface area (Å²) >= 11 is 0. The van der Waals surface area contributed by atoms with Crippen LogP contribution in [0.25, 0.3) is 11.7 Å². The van der Waals surface area contributed by atoms with Gasteiger partial charge in [-0.15, -0.1) is 10.2 Å². The van der Waals surface area contributed by atoms with Crippen LogP contribution in [0, 0.1) is 0 Å². The van der Waals surface area contributed by atoms with E-state index in [0.717, 1.165) is 25.2 Å². The molecule has 1 aliphatic heterocycles. The first-order chi connectivity index (χ1) is 11.8. The lowest BCUT2D eigenvalue weighted by atomic mass is 10.1. The highest BCUT2D eigenvalue weighted by molar-refractivity contribution is 5.42. The van der Waals surface area contributed by atoms with Gasteiger partial charge in [0.1, 0.15) is 0 Å². The Kier molecular flexibility index (Phi) is 4.14. The number of aromatic nitrogens is 4. The monoisotopic (exact) mass is 329 g/mol. The molecule has 8 nitrogen and oxygen atoms in total. The molecule has 1 saturated heterocycles. The van der Waals surface area contributed by atoms with Gasteiger partial charge in [0.2, 0.25) is 5.89 Å². The molecule has 0 unspecified atom stereocenters. The Morgan fingerprint density at radius 3 is 3.08 bits per heavy atom. The molecule has 0 amide bonds. The maximum Gasteiger partial charge on any atom is 0.283 e. The second-order valence-electron chi connectivity index (χ2n) is 5.70. The summed E-state index contributed by atoms with van der Waals surface area (Å²) in [6, 6.07) is 3.59. The molecule has 1 atom stereocenters. The van der Waals surface area contributed by atoms with Crippen molar-refractivity contribution in [2.45, 2.75) is 26.1 Å². The molecule has 4 heterocycles. The van der Waals surface area contributed by atoms with E-state index in [0.29, 0.717) is 30.7 Å². The number of aryl methyl sites for hydroxylation is 1. The smallest absolute Gasteiger partial charge is 0.283 e. The van der Waals surface area contributed by atoms with Crippen molar-refractivity contribution in [3.63, 3.8) is 0 Å². The van der Waals surface area contributed by atoms with Gasteiger partial charge >= 0.3 is 0 Å². The number of rotatable bonds is 5. The van der Waals surface area contributed by atoms with E-state index in [1.807, 2.05) is 17.1 Å². The highest BCUT2D eigenvalue weighted by atomic mass is 16.5. The van der Waals surface area contributed by atoms with Gasteiger partial charge in [-0.1, -0.05) is 0 Å². The molecule has 24 heavy (non-hydrogen) atoms. The fourth-order valence-corrected chi connectivity index (χ4v) is 2.78. The number of morpholine rings is 1. The van der Waals surface area contributed by atoms with Crippen LogP contribution in [-0.4, -0.2) is 44.6 Å². The largest absolute Gasteiger partial charge is 0.459 e. The second kappa shape index (κ2) is 6.58. The van der Waals surface area contributed by atoms with Crippen LogP contribution in [0.4, 0.5) is 0 Å². The summed E-state index contributed by atoms with van der Waals surface area (Å²) in [4.78, 5) is 2.25. The Morgan fingerprint density at radius 2 is 2.29 bits per heavy atom. The Bertz CT molecular complexity index is 779. The van der Waals surface area contributed by atoms with Crippen LogP contribution >= 0.6 is 0 Å². The summed E-state index contributed by atoms with van der Waals surface area (Å²) in [6.45, 7) is 5.78. The van der Waals surface area contributed by atoms with Gasteiger partial charge in [-0.05, 0) is 19.1 Å². The van der Waals surface area contributed by atoms with Gasteiger partial charge in [0, 0.05) is 31.4 Å². The third kappa shape index (κ3) is 3.10. The van der Waals surface area contributed by atoms with Crippen LogP contribution in [0.3, 0.4) is 0 Å². The Labute approximate surface area is 139 Å². The summed E-state index contributed by atoms with van der Waals surface area (Å²) in [7, 11) is 0. The SMILES string of the molecule is CCn1cc([C@H]2CN(Cc3nnc(-c4ccco4)o3)CCO2)cn1. The zero-order chi connectivity index (χ0) is 16.4. The molecule has 0 N–H and O–H groups in total. The molecule has 0 saturated carbocycles. The molecule has 3 aromatic heterocycles. The van der Waals surface area contributed by atoms with Crippen molar-refractivity contribution in [3.05, 3.63) is 42.2 Å². The van der Waals surface area contributed by atoms with E-state index >= 15 is 0 Å². The molecule has 0 radical (unpaired) electrons. The molecule has 0 spiro atoms. The van der Waals surface area contributed by atoms with Gasteiger partial charge in [-0.25, -0.2) is 0 Å². The average Bonchev–Trinajstić information content (AvgIpc) is 3.36. The normalized spacial score (nSPS) is 19.0. The zero-order valence-corrected chi connectivity index (χ0v) is 13.5. The predicted octanol–water partition coefficient (Wildman–Crippen LogP) is 2.12. The highest BCUT2D eigenvalue weighted by Crippen LogP contribution is 2.24. The number of ether oxygens (including phenoxy) is 1. The Hall–Kier alpha value is -2.45. The minimum atomic E-state index is 0.0199. The highest BCUT2D eigenvalue weighted by Gasteiger charge is 2.24. The van der Waals surface area contributed by atoms with Crippen molar-refractivity contribution in [3.8, 4) is 11.7 Å². The quantitative estimate of drug-likeness (QED) is 0.709. The molecule has 4 rings (SSSR count). The number of hydrogen-bond acceptors (Lipinski definition) is 7. The van der Waals surface area contributed by atoms with Gasteiger partial charge < -0.3 is 13.6 Å². The van der Waals surface area contributed by atoms with Crippen LogP contribution in [-0.2, 0) is 17.8 Å². The molecular formula is C16H19N5O3. The van der Waals surface area contributed by atoms with Gasteiger partial charge in [0.05, 0.1) is 31.7 Å². The van der Waals surface area contributed by atoms with Crippen LogP contribution < -0.4 is 0 Å². The lowest BCUT2D eigenvalue weighted by molar-refractivity contribution is -0.0351. The van der Waals surface area contributed by atoms with Crippen LogP contribution in [0.15, 0.2) is 39.6 Å². The fraction of sp³-hybridized carbons (Fsp3) is 0.438. The topological polar surface area (TPSA) is 82.4 Å². The van der Waals surface area contributed by atoms with Crippen molar-refractivity contribution in [1.29, 1.82) is 0 Å². The van der Waals surface area contributed by atoms with Crippen molar-refractivity contribution < 1.29 is 13.6 Å². The van der Waals surface area contributed by atoms with E-state index in [4.69, 9.17) is 13.6 Å². The first-order valence-electron chi connectivity index (χ1n) is 8.04. The van der Waals surface area contributed by atoms with Crippen LogP contribution in [0.1, 0.15) is 24.5 Å². The molecule has 0 aromatic carbocycles. The van der Waals surface area contributed by atoms with Crippen molar-refractivity contribution in [2.75, 3.05) is 19.7 Å². The first kappa shape index (κ1) is 15.1. The average molecular weight is 329 g/mol. The van der Waals surface area contributed by atoms with Crippen molar-refractivity contribution in [1.82, 2.24) is 24.9 Å². The molecule has 8 heteroatoms. The van der Waals surface area contributed by atoms with Crippen LogP contribution in [0.2, 0.25) is 0 Å². The minimum Gasteiger partial charge on any atom is -0.459 e. The summed E-state index contributed by atoms with van der Waals surface area (Å²) in [5.74, 6) is 1.57. The fourth-order valence-electron chi connectivity index (χ4n) is 2.78. The molecule has 0 aliphatic carbocycles. The summed E-state index contributed by atoms with van der Waals surface area (Å²) in [5, 5.41) is 12.5. The standard InChI is InChI=1S/C16H19N5O3/c1-2-21-9-12(8-17-21)14-10-20(5-7-23-14)11-15-18-19-16(24-15)13-4-3-6-22-13/h3-4,6,8-9,14H,2,5,7,10-11H2,1H3/t14-/m1/s1. The van der Waals surface area contributed by atoms with E-state index < -0.39 is 0 Å². The van der Waals surface area contributed by atoms with Crippen molar-refractivity contribution in [2.24, 2.45) is 0 Å². The zero-order valence-electron chi connectivity index (χ0n) is 13.5. The molecular weight excluding hydrogens is 310 g/mol. The predicted molar refractivity (Wildman–Crippen MR) is 83.9 cm³/mol. The lowest BCUT2D eigenvalue weighted by Crippen LogP contribution is -2.37. The lowest BCUT2D eigenvalue weighted by Gasteiger charge is -2.31. The molecule has 0 bridgehead atoms. The number of furan rings is 1. The van der Waals surface area contributed by atoms with Crippen molar-refractivity contribution >= 4 is 0 Å². The van der Waals surface area contributed by atoms with E-state index in [1.165, 1.54) is 0 Å². The van der Waals surface area contributed by atoms with Gasteiger partial charge in [-0.2, -0.15) is 5.10 Å². The van der Waals surface area contributed by atoms with Gasteiger partial charge in [-0.3, -0.25) is 9.58 Å². The number of hydrogen-bond donors (Lipinski definition) is 0. The van der Waals surface area contributed by atoms with E-state index in [1.54, 1.807) is 18.4 Å². The molecule has 3 aromatic rings. The number of nitrogens with zero attached hydrogens (tertiary/aromatic N) is 5. The third-order valence-electron chi connectivity index (χ3n) is 4.06. The maximum absolute atomic E-state index is 5.88. The van der Waals surface area contributed by atoms with Crippen LogP contribution in [0.5, 0.6) is 0 Å². The van der Waals surface area contributed by atoms with Gasteiger partial charge in [0.25, 0.3) is 5.89 Å². The first-order valence-corrected chi connectivity index (χ1v) is 8.04. The second-order valence-corrected chi connectivity index (χ2v) is 5.70. The minimum absolute atomic E-state index is 0.0199. The summed E-state index contributed by atoms with van der Waals surface area (Å²) in [5.41, 5.74) is 1.10. The van der Waals surface area contributed by atoms with E-state index in [-0.39, 0.29) is 6.10 Å². The molecule has 1 fully saturated rings. The van der Waals surface area contributed by atoms with E-state index in [2.05, 4.69) is 27.1 Å². The summed E-state index contributed by atoms with van der Waals surface area (Å²) in [6.07, 6.45) is 5.52. The Morgan fingerprint density at radius 1 is 1.33 bits per heavy atom.